The fourth-order valence-corrected chi connectivity index (χ4v) is 2.48. The van der Waals surface area contributed by atoms with Crippen LogP contribution in [0.4, 0.5) is 0 Å². The van der Waals surface area contributed by atoms with Crippen LogP contribution in [0.15, 0.2) is 36.5 Å². The van der Waals surface area contributed by atoms with E-state index in [2.05, 4.69) is 18.8 Å². The van der Waals surface area contributed by atoms with E-state index in [0.717, 1.165) is 49.7 Å². The summed E-state index contributed by atoms with van der Waals surface area (Å²) < 4.78 is 5.77. The molecule has 23 heavy (non-hydrogen) atoms. The number of nitrogens with zero attached hydrogens (tertiary/aromatic N) is 2. The van der Waals surface area contributed by atoms with Crippen LogP contribution in [-0.4, -0.2) is 35.5 Å². The lowest BCUT2D eigenvalue weighted by atomic mass is 10.2. The van der Waals surface area contributed by atoms with Crippen LogP contribution < -0.4 is 4.74 Å². The van der Waals surface area contributed by atoms with Gasteiger partial charge in [0.15, 0.2) is 6.61 Å². The van der Waals surface area contributed by atoms with Gasteiger partial charge in [0, 0.05) is 24.7 Å². The lowest BCUT2D eigenvalue weighted by molar-refractivity contribution is -0.133. The SMILES string of the molecule is CCCCN(CCCC)C(=O)COc1cccc2cccnc12. The average Bonchev–Trinajstić information content (AvgIpc) is 2.59. The van der Waals surface area contributed by atoms with Gasteiger partial charge in [-0.2, -0.15) is 0 Å². The molecule has 2 aromatic rings. The maximum absolute atomic E-state index is 12.4. The number of hydrogen-bond acceptors (Lipinski definition) is 3. The fraction of sp³-hybridized carbons (Fsp3) is 0.474. The maximum Gasteiger partial charge on any atom is 0.260 e. The van der Waals surface area contributed by atoms with E-state index < -0.39 is 0 Å². The normalized spacial score (nSPS) is 10.7. The summed E-state index contributed by atoms with van der Waals surface area (Å²) in [5.41, 5.74) is 0.802. The van der Waals surface area contributed by atoms with Gasteiger partial charge >= 0.3 is 0 Å². The van der Waals surface area contributed by atoms with E-state index in [1.165, 1.54) is 0 Å². The van der Waals surface area contributed by atoms with E-state index in [9.17, 15) is 4.79 Å². The molecule has 0 radical (unpaired) electrons. The highest BCUT2D eigenvalue weighted by molar-refractivity contribution is 5.85. The molecule has 0 unspecified atom stereocenters. The minimum atomic E-state index is 0.0554. The molecule has 4 nitrogen and oxygen atoms in total. The number of carbonyl (C=O) groups is 1. The molecule has 0 aliphatic carbocycles. The second-order valence-corrected chi connectivity index (χ2v) is 5.71. The van der Waals surface area contributed by atoms with Crippen molar-refractivity contribution >= 4 is 16.8 Å². The molecule has 0 aliphatic rings. The molecule has 0 aliphatic heterocycles. The molecule has 4 heteroatoms. The molecular formula is C19H26N2O2. The number of benzene rings is 1. The van der Waals surface area contributed by atoms with Gasteiger partial charge in [0.2, 0.25) is 0 Å². The predicted octanol–water partition coefficient (Wildman–Crippen LogP) is 4.04. The Morgan fingerprint density at radius 2 is 1.78 bits per heavy atom. The third-order valence-corrected chi connectivity index (χ3v) is 3.86. The lowest BCUT2D eigenvalue weighted by Gasteiger charge is -2.22. The molecule has 0 saturated heterocycles. The Kier molecular flexibility index (Phi) is 6.85. The van der Waals surface area contributed by atoms with Gasteiger partial charge < -0.3 is 9.64 Å². The first kappa shape index (κ1) is 17.3. The molecule has 1 heterocycles. The van der Waals surface area contributed by atoms with E-state index in [0.29, 0.717) is 5.75 Å². The minimum absolute atomic E-state index is 0.0554. The van der Waals surface area contributed by atoms with Gasteiger partial charge in [-0.3, -0.25) is 9.78 Å². The van der Waals surface area contributed by atoms with Gasteiger partial charge in [0.25, 0.3) is 5.91 Å². The number of ether oxygens (including phenoxy) is 1. The van der Waals surface area contributed by atoms with E-state index in [4.69, 9.17) is 4.74 Å². The Morgan fingerprint density at radius 3 is 2.48 bits per heavy atom. The summed E-state index contributed by atoms with van der Waals surface area (Å²) in [6, 6.07) is 9.67. The molecule has 0 N–H and O–H groups in total. The van der Waals surface area contributed by atoms with Crippen molar-refractivity contribution in [2.45, 2.75) is 39.5 Å². The Hall–Kier alpha value is -2.10. The van der Waals surface area contributed by atoms with Crippen LogP contribution in [0.1, 0.15) is 39.5 Å². The summed E-state index contributed by atoms with van der Waals surface area (Å²) in [6.45, 7) is 5.98. The third kappa shape index (κ3) is 4.95. The van der Waals surface area contributed by atoms with Crippen molar-refractivity contribution in [3.8, 4) is 5.75 Å². The van der Waals surface area contributed by atoms with E-state index in [-0.39, 0.29) is 12.5 Å². The smallest absolute Gasteiger partial charge is 0.260 e. The van der Waals surface area contributed by atoms with Crippen LogP contribution in [0, 0.1) is 0 Å². The summed E-state index contributed by atoms with van der Waals surface area (Å²) in [5.74, 6) is 0.724. The molecule has 1 aromatic carbocycles. The zero-order chi connectivity index (χ0) is 16.5. The number of para-hydroxylation sites is 1. The molecule has 0 atom stereocenters. The number of fused-ring (bicyclic) bond motifs is 1. The molecular weight excluding hydrogens is 288 g/mol. The van der Waals surface area contributed by atoms with Gasteiger partial charge in [-0.15, -0.1) is 0 Å². The monoisotopic (exact) mass is 314 g/mol. The lowest BCUT2D eigenvalue weighted by Crippen LogP contribution is -2.36. The Balaban J connectivity index is 2.00. The molecule has 0 spiro atoms. The van der Waals surface area contributed by atoms with Crippen LogP contribution in [0.3, 0.4) is 0 Å². The Labute approximate surface area is 138 Å². The number of pyridine rings is 1. The summed E-state index contributed by atoms with van der Waals surface area (Å²) in [5, 5.41) is 1.02. The number of carbonyl (C=O) groups excluding carboxylic acids is 1. The van der Waals surface area contributed by atoms with Gasteiger partial charge in [-0.25, -0.2) is 0 Å². The number of rotatable bonds is 9. The molecule has 0 bridgehead atoms. The average molecular weight is 314 g/mol. The highest BCUT2D eigenvalue weighted by Gasteiger charge is 2.14. The molecule has 2 rings (SSSR count). The standard InChI is InChI=1S/C19H26N2O2/c1-3-5-13-21(14-6-4-2)18(22)15-23-17-11-7-9-16-10-8-12-20-19(16)17/h7-12H,3-6,13-15H2,1-2H3. The van der Waals surface area contributed by atoms with E-state index in [1.54, 1.807) is 6.20 Å². The van der Waals surface area contributed by atoms with Crippen LogP contribution in [-0.2, 0) is 4.79 Å². The van der Waals surface area contributed by atoms with Crippen LogP contribution in [0.25, 0.3) is 10.9 Å². The first-order chi connectivity index (χ1) is 11.3. The Morgan fingerprint density at radius 1 is 1.09 bits per heavy atom. The zero-order valence-corrected chi connectivity index (χ0v) is 14.1. The molecule has 1 amide bonds. The second kappa shape index (κ2) is 9.13. The number of aromatic nitrogens is 1. The molecule has 124 valence electrons. The van der Waals surface area contributed by atoms with Crippen molar-refractivity contribution in [1.82, 2.24) is 9.88 Å². The predicted molar refractivity (Wildman–Crippen MR) is 93.6 cm³/mol. The zero-order valence-electron chi connectivity index (χ0n) is 14.1. The van der Waals surface area contributed by atoms with Crippen LogP contribution in [0.5, 0.6) is 5.75 Å². The highest BCUT2D eigenvalue weighted by Crippen LogP contribution is 2.22. The van der Waals surface area contributed by atoms with Crippen molar-refractivity contribution in [3.63, 3.8) is 0 Å². The number of hydrogen-bond donors (Lipinski definition) is 0. The van der Waals surface area contributed by atoms with Gasteiger partial charge in [-0.05, 0) is 25.0 Å². The first-order valence-corrected chi connectivity index (χ1v) is 8.50. The largest absolute Gasteiger partial charge is 0.481 e. The van der Waals surface area contributed by atoms with E-state index >= 15 is 0 Å². The Bertz CT molecular complexity index is 614. The third-order valence-electron chi connectivity index (χ3n) is 3.86. The van der Waals surface area contributed by atoms with Crippen LogP contribution in [0.2, 0.25) is 0 Å². The summed E-state index contributed by atoms with van der Waals surface area (Å²) in [7, 11) is 0. The first-order valence-electron chi connectivity index (χ1n) is 8.50. The van der Waals surface area contributed by atoms with Crippen molar-refractivity contribution < 1.29 is 9.53 Å². The molecule has 0 saturated carbocycles. The maximum atomic E-state index is 12.4. The topological polar surface area (TPSA) is 42.4 Å². The molecule has 1 aromatic heterocycles. The van der Waals surface area contributed by atoms with Crippen LogP contribution >= 0.6 is 0 Å². The quantitative estimate of drug-likeness (QED) is 0.701. The van der Waals surface area contributed by atoms with Crippen molar-refractivity contribution in [2.75, 3.05) is 19.7 Å². The van der Waals surface area contributed by atoms with Crippen molar-refractivity contribution in [1.29, 1.82) is 0 Å². The van der Waals surface area contributed by atoms with Gasteiger partial charge in [0.05, 0.1) is 0 Å². The number of unbranched alkanes of at least 4 members (excludes halogenated alkanes) is 2. The van der Waals surface area contributed by atoms with Crippen molar-refractivity contribution in [3.05, 3.63) is 36.5 Å². The molecule has 0 fully saturated rings. The van der Waals surface area contributed by atoms with Gasteiger partial charge in [-0.1, -0.05) is 44.9 Å². The van der Waals surface area contributed by atoms with Crippen molar-refractivity contribution in [2.24, 2.45) is 0 Å². The summed E-state index contributed by atoms with van der Waals surface area (Å²) >= 11 is 0. The number of amides is 1. The second-order valence-electron chi connectivity index (χ2n) is 5.71. The van der Waals surface area contributed by atoms with Gasteiger partial charge in [0.1, 0.15) is 11.3 Å². The van der Waals surface area contributed by atoms with E-state index in [1.807, 2.05) is 35.2 Å². The fourth-order valence-electron chi connectivity index (χ4n) is 2.48. The summed E-state index contributed by atoms with van der Waals surface area (Å²) in [6.07, 6.45) is 5.98. The highest BCUT2D eigenvalue weighted by atomic mass is 16.5. The minimum Gasteiger partial charge on any atom is -0.481 e. The summed E-state index contributed by atoms with van der Waals surface area (Å²) in [4.78, 5) is 18.7.